The number of carbonyl (C=O) groups is 1. The van der Waals surface area contributed by atoms with Gasteiger partial charge in [-0.3, -0.25) is 9.78 Å². The first-order valence-corrected chi connectivity index (χ1v) is 7.77. The van der Waals surface area contributed by atoms with Gasteiger partial charge < -0.3 is 14.4 Å². The molecule has 124 valence electrons. The molecule has 0 fully saturated rings. The number of amides is 1. The van der Waals surface area contributed by atoms with Gasteiger partial charge >= 0.3 is 0 Å². The van der Waals surface area contributed by atoms with Crippen molar-refractivity contribution < 1.29 is 14.3 Å². The number of fused-ring (bicyclic) bond motifs is 1. The second-order valence-electron chi connectivity index (χ2n) is 5.58. The van der Waals surface area contributed by atoms with Gasteiger partial charge in [0.05, 0.1) is 36.5 Å². The van der Waals surface area contributed by atoms with E-state index in [1.807, 2.05) is 45.0 Å². The largest absolute Gasteiger partial charge is 0.497 e. The molecule has 2 aromatic rings. The zero-order valence-electron chi connectivity index (χ0n) is 14.4. The fraction of sp³-hybridized carbons (Fsp3) is 0.444. The monoisotopic (exact) mass is 316 g/mol. The van der Waals surface area contributed by atoms with Crippen LogP contribution < -0.4 is 4.74 Å². The van der Waals surface area contributed by atoms with E-state index in [9.17, 15) is 4.79 Å². The number of aromatic nitrogens is 1. The first kappa shape index (κ1) is 17.2. The summed E-state index contributed by atoms with van der Waals surface area (Å²) in [4.78, 5) is 19.3. The van der Waals surface area contributed by atoms with E-state index in [0.717, 1.165) is 22.3 Å². The van der Waals surface area contributed by atoms with Crippen LogP contribution in [0.4, 0.5) is 0 Å². The zero-order valence-corrected chi connectivity index (χ0v) is 14.4. The molecule has 0 saturated heterocycles. The Labute approximate surface area is 137 Å². The lowest BCUT2D eigenvalue weighted by Crippen LogP contribution is -2.41. The Hall–Kier alpha value is -2.14. The molecule has 0 spiro atoms. The van der Waals surface area contributed by atoms with E-state index in [-0.39, 0.29) is 11.9 Å². The number of nitrogens with zero attached hydrogens (tertiary/aromatic N) is 2. The predicted octanol–water partition coefficient (Wildman–Crippen LogP) is 3.05. The molecule has 5 heteroatoms. The van der Waals surface area contributed by atoms with Crippen molar-refractivity contribution >= 4 is 16.8 Å². The summed E-state index contributed by atoms with van der Waals surface area (Å²) in [6, 6.07) is 7.58. The van der Waals surface area contributed by atoms with E-state index < -0.39 is 0 Å². The number of hydrogen-bond donors (Lipinski definition) is 0. The topological polar surface area (TPSA) is 51.7 Å². The molecule has 0 bridgehead atoms. The van der Waals surface area contributed by atoms with Crippen LogP contribution in [-0.4, -0.2) is 49.2 Å². The molecule has 1 amide bonds. The zero-order chi connectivity index (χ0) is 17.0. The van der Waals surface area contributed by atoms with E-state index in [2.05, 4.69) is 4.98 Å². The molecule has 1 aromatic heterocycles. The SMILES string of the molecule is CCN(C(=O)c1cc2cc(OC)ccc2nc1C)C(C)COC. The maximum atomic E-state index is 12.9. The summed E-state index contributed by atoms with van der Waals surface area (Å²) in [6.07, 6.45) is 0. The highest BCUT2D eigenvalue weighted by Crippen LogP contribution is 2.23. The average molecular weight is 316 g/mol. The highest BCUT2D eigenvalue weighted by Gasteiger charge is 2.22. The van der Waals surface area contributed by atoms with Crippen LogP contribution in [0.2, 0.25) is 0 Å². The summed E-state index contributed by atoms with van der Waals surface area (Å²) in [5.41, 5.74) is 2.21. The van der Waals surface area contributed by atoms with Crippen LogP contribution in [0.1, 0.15) is 29.9 Å². The second kappa shape index (κ2) is 7.42. The molecule has 0 N–H and O–H groups in total. The number of ether oxygens (including phenoxy) is 2. The smallest absolute Gasteiger partial charge is 0.256 e. The normalized spacial score (nSPS) is 12.2. The van der Waals surface area contributed by atoms with Crippen LogP contribution in [0.3, 0.4) is 0 Å². The molecule has 23 heavy (non-hydrogen) atoms. The molecule has 1 atom stereocenters. The van der Waals surface area contributed by atoms with Gasteiger partial charge in [-0.1, -0.05) is 0 Å². The molecule has 0 saturated carbocycles. The van der Waals surface area contributed by atoms with Crippen LogP contribution in [0.15, 0.2) is 24.3 Å². The molecule has 0 aliphatic carbocycles. The predicted molar refractivity (Wildman–Crippen MR) is 91.1 cm³/mol. The van der Waals surface area contributed by atoms with Crippen LogP contribution in [0, 0.1) is 6.92 Å². The number of pyridine rings is 1. The summed E-state index contributed by atoms with van der Waals surface area (Å²) >= 11 is 0. The van der Waals surface area contributed by atoms with Crippen LogP contribution in [-0.2, 0) is 4.74 Å². The Morgan fingerprint density at radius 1 is 1.30 bits per heavy atom. The quantitative estimate of drug-likeness (QED) is 0.822. The Morgan fingerprint density at radius 3 is 2.65 bits per heavy atom. The van der Waals surface area contributed by atoms with Crippen molar-refractivity contribution in [1.82, 2.24) is 9.88 Å². The van der Waals surface area contributed by atoms with Crippen molar-refractivity contribution in [2.45, 2.75) is 26.8 Å². The van der Waals surface area contributed by atoms with Crippen molar-refractivity contribution in [3.8, 4) is 5.75 Å². The van der Waals surface area contributed by atoms with Crippen molar-refractivity contribution in [2.75, 3.05) is 27.4 Å². The third kappa shape index (κ3) is 3.62. The fourth-order valence-electron chi connectivity index (χ4n) is 2.74. The summed E-state index contributed by atoms with van der Waals surface area (Å²) < 4.78 is 10.4. The lowest BCUT2D eigenvalue weighted by atomic mass is 10.1. The summed E-state index contributed by atoms with van der Waals surface area (Å²) in [6.45, 7) is 6.95. The number of carbonyl (C=O) groups excluding carboxylic acids is 1. The van der Waals surface area contributed by atoms with Crippen LogP contribution in [0.5, 0.6) is 5.75 Å². The number of likely N-dealkylation sites (N-methyl/N-ethyl adjacent to an activating group) is 1. The molecule has 1 heterocycles. The minimum atomic E-state index is -0.0215. The molecule has 1 unspecified atom stereocenters. The minimum absolute atomic E-state index is 0.0120. The molecule has 0 aliphatic heterocycles. The molecular weight excluding hydrogens is 292 g/mol. The van der Waals surface area contributed by atoms with Crippen molar-refractivity contribution in [2.24, 2.45) is 0 Å². The average Bonchev–Trinajstić information content (AvgIpc) is 2.54. The van der Waals surface area contributed by atoms with Gasteiger partial charge in [0.25, 0.3) is 5.91 Å². The molecule has 0 radical (unpaired) electrons. The van der Waals surface area contributed by atoms with Crippen molar-refractivity contribution in [3.05, 3.63) is 35.5 Å². The Bertz CT molecular complexity index is 700. The highest BCUT2D eigenvalue weighted by molar-refractivity contribution is 5.99. The van der Waals surface area contributed by atoms with Gasteiger partial charge in [0, 0.05) is 19.0 Å². The third-order valence-electron chi connectivity index (χ3n) is 3.98. The van der Waals surface area contributed by atoms with Crippen LogP contribution >= 0.6 is 0 Å². The Kier molecular flexibility index (Phi) is 5.55. The first-order valence-electron chi connectivity index (χ1n) is 7.77. The molecular formula is C18H24N2O3. The molecule has 1 aromatic carbocycles. The highest BCUT2D eigenvalue weighted by atomic mass is 16.5. The molecule has 0 aliphatic rings. The van der Waals surface area contributed by atoms with Gasteiger partial charge in [-0.25, -0.2) is 0 Å². The van der Waals surface area contributed by atoms with E-state index in [0.29, 0.717) is 18.7 Å². The molecule has 2 rings (SSSR count). The lowest BCUT2D eigenvalue weighted by molar-refractivity contribution is 0.0578. The first-order chi connectivity index (χ1) is 11.0. The summed E-state index contributed by atoms with van der Waals surface area (Å²) in [5, 5.41) is 0.897. The Balaban J connectivity index is 2.44. The standard InChI is InChI=1S/C18H24N2O3/c1-6-20(12(2)11-22-4)18(21)16-10-14-9-15(23-5)7-8-17(14)19-13(16)3/h7-10,12H,6,11H2,1-5H3. The van der Waals surface area contributed by atoms with Crippen LogP contribution in [0.25, 0.3) is 10.9 Å². The Morgan fingerprint density at radius 2 is 2.04 bits per heavy atom. The maximum Gasteiger partial charge on any atom is 0.256 e. The number of hydrogen-bond acceptors (Lipinski definition) is 4. The van der Waals surface area contributed by atoms with E-state index in [4.69, 9.17) is 9.47 Å². The molecule has 5 nitrogen and oxygen atoms in total. The second-order valence-corrected chi connectivity index (χ2v) is 5.58. The van der Waals surface area contributed by atoms with Crippen molar-refractivity contribution in [1.29, 1.82) is 0 Å². The van der Waals surface area contributed by atoms with Gasteiger partial charge in [0.15, 0.2) is 0 Å². The van der Waals surface area contributed by atoms with E-state index in [1.165, 1.54) is 0 Å². The number of methoxy groups -OCH3 is 2. The number of benzene rings is 1. The third-order valence-corrected chi connectivity index (χ3v) is 3.98. The lowest BCUT2D eigenvalue weighted by Gasteiger charge is -2.28. The maximum absolute atomic E-state index is 12.9. The van der Waals surface area contributed by atoms with Gasteiger partial charge in [0.2, 0.25) is 0 Å². The van der Waals surface area contributed by atoms with Gasteiger partial charge in [-0.05, 0) is 45.0 Å². The van der Waals surface area contributed by atoms with Gasteiger partial charge in [-0.2, -0.15) is 0 Å². The minimum Gasteiger partial charge on any atom is -0.497 e. The van der Waals surface area contributed by atoms with Gasteiger partial charge in [0.1, 0.15) is 5.75 Å². The fourth-order valence-corrected chi connectivity index (χ4v) is 2.74. The summed E-state index contributed by atoms with van der Waals surface area (Å²) in [7, 11) is 3.27. The number of rotatable bonds is 6. The summed E-state index contributed by atoms with van der Waals surface area (Å²) in [5.74, 6) is 0.730. The van der Waals surface area contributed by atoms with Gasteiger partial charge in [-0.15, -0.1) is 0 Å². The van der Waals surface area contributed by atoms with E-state index in [1.54, 1.807) is 19.1 Å². The van der Waals surface area contributed by atoms with E-state index >= 15 is 0 Å². The number of aryl methyl sites for hydroxylation is 1. The van der Waals surface area contributed by atoms with Crippen molar-refractivity contribution in [3.63, 3.8) is 0 Å².